The van der Waals surface area contributed by atoms with Crippen molar-refractivity contribution in [1.82, 2.24) is 0 Å². The normalized spacial score (nSPS) is 10.2. The lowest BCUT2D eigenvalue weighted by molar-refractivity contribution is 0.0692. The highest BCUT2D eigenvalue weighted by atomic mass is 16.4. The van der Waals surface area contributed by atoms with E-state index < -0.39 is 11.8 Å². The maximum atomic E-state index is 12.3. The van der Waals surface area contributed by atoms with Crippen LogP contribution in [0.1, 0.15) is 26.3 Å². The van der Waals surface area contributed by atoms with Crippen LogP contribution in [0, 0.1) is 0 Å². The molecule has 0 aromatic heterocycles. The summed E-state index contributed by atoms with van der Waals surface area (Å²) in [6, 6.07) is 8.12. The van der Waals surface area contributed by atoms with Gasteiger partial charge in [-0.25, -0.2) is 4.79 Å². The zero-order chi connectivity index (χ0) is 14.9. The van der Waals surface area contributed by atoms with Crippen LogP contribution >= 0.6 is 0 Å². The van der Waals surface area contributed by atoms with Gasteiger partial charge in [-0.05, 0) is 12.1 Å². The Morgan fingerprint density at radius 1 is 0.900 bits per heavy atom. The molecule has 0 aliphatic carbocycles. The number of aromatic hydroxyl groups is 1. The predicted molar refractivity (Wildman–Crippen MR) is 73.8 cm³/mol. The number of nitrogen functional groups attached to an aromatic ring is 2. The maximum Gasteiger partial charge on any atom is 0.336 e. The molecule has 102 valence electrons. The van der Waals surface area contributed by atoms with Crippen molar-refractivity contribution in [3.8, 4) is 5.75 Å². The summed E-state index contributed by atoms with van der Waals surface area (Å²) in [7, 11) is 0. The van der Waals surface area contributed by atoms with Crippen molar-refractivity contribution in [3.05, 3.63) is 53.1 Å². The number of hydrogen-bond acceptors (Lipinski definition) is 5. The van der Waals surface area contributed by atoms with Crippen LogP contribution in [-0.4, -0.2) is 22.0 Å². The Hall–Kier alpha value is -3.02. The van der Waals surface area contributed by atoms with Gasteiger partial charge in [0.25, 0.3) is 0 Å². The Kier molecular flexibility index (Phi) is 3.30. The summed E-state index contributed by atoms with van der Waals surface area (Å²) in [6.45, 7) is 0. The Morgan fingerprint density at radius 3 is 2.05 bits per heavy atom. The van der Waals surface area contributed by atoms with E-state index in [0.29, 0.717) is 0 Å². The molecule has 6 heteroatoms. The Bertz CT molecular complexity index is 710. The molecule has 2 aromatic carbocycles. The van der Waals surface area contributed by atoms with Crippen molar-refractivity contribution < 1.29 is 19.8 Å². The number of nitrogens with two attached hydrogens (primary N) is 2. The molecule has 0 amide bonds. The summed E-state index contributed by atoms with van der Waals surface area (Å²) in [4.78, 5) is 23.4. The number of carbonyl (C=O) groups excluding carboxylic acids is 1. The molecule has 0 saturated heterocycles. The second kappa shape index (κ2) is 4.93. The van der Waals surface area contributed by atoms with Crippen molar-refractivity contribution in [3.63, 3.8) is 0 Å². The standard InChI is InChI=1S/C14H12N2O4/c15-10-5-9(12(17)6-11(10)16)13(18)7-3-1-2-4-8(7)14(19)20/h1-6,17H,15-16H2,(H,19,20). The quantitative estimate of drug-likeness (QED) is 0.381. The van der Waals surface area contributed by atoms with Crippen LogP contribution in [-0.2, 0) is 0 Å². The lowest BCUT2D eigenvalue weighted by Crippen LogP contribution is -2.10. The molecule has 2 aromatic rings. The zero-order valence-electron chi connectivity index (χ0n) is 10.3. The molecule has 0 aliphatic rings. The zero-order valence-corrected chi connectivity index (χ0v) is 10.3. The fourth-order valence-electron chi connectivity index (χ4n) is 1.82. The first-order valence-corrected chi connectivity index (χ1v) is 5.66. The van der Waals surface area contributed by atoms with Crippen LogP contribution in [0.2, 0.25) is 0 Å². The van der Waals surface area contributed by atoms with E-state index in [1.807, 2.05) is 0 Å². The van der Waals surface area contributed by atoms with Crippen LogP contribution < -0.4 is 11.5 Å². The molecular formula is C14H12N2O4. The lowest BCUT2D eigenvalue weighted by atomic mass is 9.97. The third-order valence-electron chi connectivity index (χ3n) is 2.85. The van der Waals surface area contributed by atoms with Crippen LogP contribution in [0.15, 0.2) is 36.4 Å². The van der Waals surface area contributed by atoms with Crippen LogP contribution in [0.5, 0.6) is 5.75 Å². The van der Waals surface area contributed by atoms with Gasteiger partial charge in [-0.3, -0.25) is 4.79 Å². The Morgan fingerprint density at radius 2 is 1.45 bits per heavy atom. The maximum absolute atomic E-state index is 12.3. The van der Waals surface area contributed by atoms with Gasteiger partial charge in [0.15, 0.2) is 5.78 Å². The molecule has 0 bridgehead atoms. The molecule has 0 unspecified atom stereocenters. The molecule has 0 spiro atoms. The molecule has 0 fully saturated rings. The molecule has 6 nitrogen and oxygen atoms in total. The molecule has 0 heterocycles. The number of phenolic OH excluding ortho intramolecular Hbond substituents is 1. The SMILES string of the molecule is Nc1cc(O)c(C(=O)c2ccccc2C(=O)O)cc1N. The number of anilines is 2. The summed E-state index contributed by atoms with van der Waals surface area (Å²) in [5, 5.41) is 18.8. The summed E-state index contributed by atoms with van der Waals surface area (Å²) >= 11 is 0. The van der Waals surface area contributed by atoms with Gasteiger partial charge in [0.1, 0.15) is 5.75 Å². The molecular weight excluding hydrogens is 260 g/mol. The molecule has 0 aliphatic heterocycles. The average Bonchev–Trinajstić information content (AvgIpc) is 2.42. The summed E-state index contributed by atoms with van der Waals surface area (Å²) in [6.07, 6.45) is 0. The van der Waals surface area contributed by atoms with Crippen molar-refractivity contribution in [2.75, 3.05) is 11.5 Å². The van der Waals surface area contributed by atoms with E-state index >= 15 is 0 Å². The van der Waals surface area contributed by atoms with Crippen molar-refractivity contribution in [2.45, 2.75) is 0 Å². The van der Waals surface area contributed by atoms with E-state index in [1.165, 1.54) is 30.3 Å². The number of phenols is 1. The molecule has 2 rings (SSSR count). The van der Waals surface area contributed by atoms with Gasteiger partial charge >= 0.3 is 5.97 Å². The van der Waals surface area contributed by atoms with Gasteiger partial charge in [0.2, 0.25) is 0 Å². The Balaban J connectivity index is 2.58. The number of rotatable bonds is 3. The summed E-state index contributed by atoms with van der Waals surface area (Å²) in [5.74, 6) is -2.20. The molecule has 6 N–H and O–H groups in total. The van der Waals surface area contributed by atoms with Gasteiger partial charge in [0.05, 0.1) is 22.5 Å². The average molecular weight is 272 g/mol. The second-order valence-electron chi connectivity index (χ2n) is 4.18. The molecule has 20 heavy (non-hydrogen) atoms. The first-order chi connectivity index (χ1) is 9.41. The summed E-state index contributed by atoms with van der Waals surface area (Å²) in [5.41, 5.74) is 11.1. The highest BCUT2D eigenvalue weighted by Crippen LogP contribution is 2.28. The van der Waals surface area contributed by atoms with Gasteiger partial charge < -0.3 is 21.7 Å². The highest BCUT2D eigenvalue weighted by molar-refractivity contribution is 6.16. The number of hydrogen-bond donors (Lipinski definition) is 4. The first-order valence-electron chi connectivity index (χ1n) is 5.66. The van der Waals surface area contributed by atoms with Crippen molar-refractivity contribution in [1.29, 1.82) is 0 Å². The number of aromatic carboxylic acids is 1. The summed E-state index contributed by atoms with van der Waals surface area (Å²) < 4.78 is 0. The van der Waals surface area contributed by atoms with Gasteiger partial charge in [-0.15, -0.1) is 0 Å². The monoisotopic (exact) mass is 272 g/mol. The van der Waals surface area contributed by atoms with E-state index in [2.05, 4.69) is 0 Å². The van der Waals surface area contributed by atoms with E-state index in [1.54, 1.807) is 0 Å². The number of carboxylic acids is 1. The molecule has 0 saturated carbocycles. The lowest BCUT2D eigenvalue weighted by Gasteiger charge is -2.09. The number of carboxylic acid groups (broad SMARTS) is 1. The topological polar surface area (TPSA) is 127 Å². The van der Waals surface area contributed by atoms with Gasteiger partial charge in [-0.2, -0.15) is 0 Å². The minimum atomic E-state index is -1.23. The van der Waals surface area contributed by atoms with E-state index in [4.69, 9.17) is 16.6 Å². The first kappa shape index (κ1) is 13.4. The van der Waals surface area contributed by atoms with Crippen LogP contribution in [0.25, 0.3) is 0 Å². The number of ketones is 1. The van der Waals surface area contributed by atoms with E-state index in [-0.39, 0.29) is 33.8 Å². The smallest absolute Gasteiger partial charge is 0.336 e. The fraction of sp³-hybridized carbons (Fsp3) is 0. The predicted octanol–water partition coefficient (Wildman–Crippen LogP) is 1.49. The van der Waals surface area contributed by atoms with Crippen LogP contribution in [0.3, 0.4) is 0 Å². The second-order valence-corrected chi connectivity index (χ2v) is 4.18. The minimum absolute atomic E-state index is 0.0283. The minimum Gasteiger partial charge on any atom is -0.507 e. The Labute approximate surface area is 114 Å². The van der Waals surface area contributed by atoms with Crippen molar-refractivity contribution >= 4 is 23.1 Å². The third kappa shape index (κ3) is 2.26. The largest absolute Gasteiger partial charge is 0.507 e. The fourth-order valence-corrected chi connectivity index (χ4v) is 1.82. The molecule has 0 radical (unpaired) electrons. The highest BCUT2D eigenvalue weighted by Gasteiger charge is 2.20. The van der Waals surface area contributed by atoms with Gasteiger partial charge in [-0.1, -0.05) is 18.2 Å². The van der Waals surface area contributed by atoms with Gasteiger partial charge in [0, 0.05) is 11.6 Å². The number of benzene rings is 2. The molecule has 0 atom stereocenters. The third-order valence-corrected chi connectivity index (χ3v) is 2.85. The number of carbonyl (C=O) groups is 2. The van der Waals surface area contributed by atoms with Crippen LogP contribution in [0.4, 0.5) is 11.4 Å². The van der Waals surface area contributed by atoms with E-state index in [0.717, 1.165) is 6.07 Å². The van der Waals surface area contributed by atoms with Crippen molar-refractivity contribution in [2.24, 2.45) is 0 Å². The van der Waals surface area contributed by atoms with E-state index in [9.17, 15) is 14.7 Å².